The van der Waals surface area contributed by atoms with E-state index in [2.05, 4.69) is 130 Å². The van der Waals surface area contributed by atoms with Crippen LogP contribution in [-0.2, 0) is 42.9 Å². The number of carbonyl (C=O) groups is 4. The number of ether oxygens (including phenoxy) is 5. The Morgan fingerprint density at radius 1 is 0.410 bits per heavy atom. The predicted octanol–water partition coefficient (Wildman–Crippen LogP) is 17.8. The number of carbonyl (C=O) groups excluding carboxylic acids is 3. The van der Waals surface area contributed by atoms with Crippen molar-refractivity contribution in [1.29, 1.82) is 0 Å². The first-order chi connectivity index (χ1) is 40.6. The minimum Gasteiger partial charge on any atom is -0.479 e. The first-order valence-corrected chi connectivity index (χ1v) is 32.9. The molecule has 12 nitrogen and oxygen atoms in total. The van der Waals surface area contributed by atoms with Gasteiger partial charge in [0.15, 0.2) is 24.6 Å². The van der Waals surface area contributed by atoms with E-state index in [0.717, 1.165) is 167 Å². The van der Waals surface area contributed by atoms with Crippen LogP contribution < -0.4 is 0 Å². The third-order valence-electron chi connectivity index (χ3n) is 14.3. The van der Waals surface area contributed by atoms with Crippen LogP contribution >= 0.6 is 0 Å². The highest BCUT2D eigenvalue weighted by atomic mass is 16.7. The fourth-order valence-electron chi connectivity index (χ4n) is 9.28. The molecule has 0 aliphatic carbocycles. The number of aliphatic hydroxyl groups excluding tert-OH is 2. The number of rotatable bonds is 55. The molecular weight excluding hydrogens is 1040 g/mol. The Balaban J connectivity index is 2.69. The highest BCUT2D eigenvalue weighted by molar-refractivity contribution is 5.74. The summed E-state index contributed by atoms with van der Waals surface area (Å²) in [5.74, 6) is -3.18. The molecule has 0 aromatic heterocycles. The number of aliphatic carboxylic acids is 1. The van der Waals surface area contributed by atoms with E-state index in [1.807, 2.05) is 0 Å². The van der Waals surface area contributed by atoms with Crippen LogP contribution in [0.15, 0.2) is 109 Å². The first-order valence-electron chi connectivity index (χ1n) is 32.9. The molecule has 0 aromatic rings. The van der Waals surface area contributed by atoms with E-state index >= 15 is 0 Å². The minimum absolute atomic E-state index is 0.0376. The Kier molecular flexibility index (Phi) is 53.2. The molecule has 6 unspecified atom stereocenters. The van der Waals surface area contributed by atoms with Crippen molar-refractivity contribution < 1.29 is 58.2 Å². The second-order valence-corrected chi connectivity index (χ2v) is 22.0. The zero-order valence-electron chi connectivity index (χ0n) is 52.2. The first kappa shape index (κ1) is 76.4. The summed E-state index contributed by atoms with van der Waals surface area (Å²) in [6.45, 7) is 5.81. The fraction of sp³-hybridized carbons (Fsp3) is 0.690. The number of aliphatic hydroxyl groups is 2. The smallest absolute Gasteiger partial charge is 0.335 e. The summed E-state index contributed by atoms with van der Waals surface area (Å²) in [6.07, 6.45) is 66.0. The van der Waals surface area contributed by atoms with Gasteiger partial charge in [-0.25, -0.2) is 4.79 Å². The Morgan fingerprint density at radius 2 is 0.759 bits per heavy atom. The number of allylic oxidation sites excluding steroid dienone is 18. The van der Waals surface area contributed by atoms with Gasteiger partial charge in [-0.15, -0.1) is 0 Å². The van der Waals surface area contributed by atoms with Crippen LogP contribution in [0.4, 0.5) is 0 Å². The Labute approximate surface area is 504 Å². The van der Waals surface area contributed by atoms with Gasteiger partial charge >= 0.3 is 23.9 Å². The van der Waals surface area contributed by atoms with Crippen molar-refractivity contribution in [2.24, 2.45) is 0 Å². The SMILES string of the molecule is CC/C=C\C/C=C\C/C=C\C/C=C\CCCCCCC(=O)OCC(COC1OC(C(=O)O)C(O)C(O)C1OC(=O)CCCCCCCC/C=C\C/C=C\C/C=C\CCCCC)OC(=O)CCCCCCCCC/C=C\C/C=C\CCCCC. The maximum atomic E-state index is 13.2. The maximum absolute atomic E-state index is 13.2. The van der Waals surface area contributed by atoms with Crippen LogP contribution in [0.25, 0.3) is 0 Å². The number of carboxylic acids is 1. The average molecular weight is 1160 g/mol. The summed E-state index contributed by atoms with van der Waals surface area (Å²) >= 11 is 0. The average Bonchev–Trinajstić information content (AvgIpc) is 3.58. The third kappa shape index (κ3) is 47.3. The van der Waals surface area contributed by atoms with Gasteiger partial charge in [-0.05, 0) is 128 Å². The molecule has 1 rings (SSSR count). The molecule has 3 N–H and O–H groups in total. The van der Waals surface area contributed by atoms with Gasteiger partial charge in [0.1, 0.15) is 18.8 Å². The van der Waals surface area contributed by atoms with Crippen molar-refractivity contribution in [2.45, 2.75) is 302 Å². The van der Waals surface area contributed by atoms with Crippen LogP contribution in [0.5, 0.6) is 0 Å². The van der Waals surface area contributed by atoms with E-state index < -0.39 is 67.3 Å². The van der Waals surface area contributed by atoms with E-state index in [-0.39, 0.29) is 25.9 Å². The van der Waals surface area contributed by atoms with Crippen molar-refractivity contribution in [3.8, 4) is 0 Å². The summed E-state index contributed by atoms with van der Waals surface area (Å²) in [7, 11) is 0. The lowest BCUT2D eigenvalue weighted by atomic mass is 9.98. The molecule has 1 saturated heterocycles. The van der Waals surface area contributed by atoms with Gasteiger partial charge in [-0.2, -0.15) is 0 Å². The number of unbranched alkanes of at least 4 members (excludes halogenated alkanes) is 23. The molecular formula is C71H116O12. The molecule has 1 heterocycles. The fourth-order valence-corrected chi connectivity index (χ4v) is 9.28. The van der Waals surface area contributed by atoms with Crippen molar-refractivity contribution in [3.63, 3.8) is 0 Å². The monoisotopic (exact) mass is 1160 g/mol. The molecule has 0 radical (unpaired) electrons. The molecule has 6 atom stereocenters. The quantitative estimate of drug-likeness (QED) is 0.0228. The van der Waals surface area contributed by atoms with Crippen molar-refractivity contribution in [1.82, 2.24) is 0 Å². The summed E-state index contributed by atoms with van der Waals surface area (Å²) in [5, 5.41) is 31.6. The summed E-state index contributed by atoms with van der Waals surface area (Å²) < 4.78 is 28.5. The van der Waals surface area contributed by atoms with Crippen LogP contribution in [0.3, 0.4) is 0 Å². The highest BCUT2D eigenvalue weighted by Crippen LogP contribution is 2.26. The molecule has 0 amide bonds. The van der Waals surface area contributed by atoms with Gasteiger partial charge in [0, 0.05) is 19.3 Å². The topological polar surface area (TPSA) is 175 Å². The Morgan fingerprint density at radius 3 is 1.16 bits per heavy atom. The normalized spacial score (nSPS) is 18.3. The molecule has 472 valence electrons. The lowest BCUT2D eigenvalue weighted by molar-refractivity contribution is -0.301. The lowest BCUT2D eigenvalue weighted by Crippen LogP contribution is -2.61. The molecule has 12 heteroatoms. The van der Waals surface area contributed by atoms with E-state index in [1.54, 1.807) is 0 Å². The third-order valence-corrected chi connectivity index (χ3v) is 14.3. The maximum Gasteiger partial charge on any atom is 0.335 e. The number of hydrogen-bond acceptors (Lipinski definition) is 11. The Hall–Kier alpha value is -4.62. The molecule has 83 heavy (non-hydrogen) atoms. The van der Waals surface area contributed by atoms with Crippen molar-refractivity contribution >= 4 is 23.9 Å². The van der Waals surface area contributed by atoms with Gasteiger partial charge in [-0.3, -0.25) is 14.4 Å². The predicted molar refractivity (Wildman–Crippen MR) is 340 cm³/mol. The summed E-state index contributed by atoms with van der Waals surface area (Å²) in [6, 6.07) is 0. The van der Waals surface area contributed by atoms with Gasteiger partial charge in [0.2, 0.25) is 0 Å². The van der Waals surface area contributed by atoms with Crippen LogP contribution in [-0.4, -0.2) is 89.2 Å². The van der Waals surface area contributed by atoms with E-state index in [4.69, 9.17) is 23.7 Å². The molecule has 1 aliphatic heterocycles. The van der Waals surface area contributed by atoms with E-state index in [0.29, 0.717) is 19.3 Å². The highest BCUT2D eigenvalue weighted by Gasteiger charge is 2.50. The second-order valence-electron chi connectivity index (χ2n) is 22.0. The summed E-state index contributed by atoms with van der Waals surface area (Å²) in [4.78, 5) is 51.4. The van der Waals surface area contributed by atoms with Gasteiger partial charge in [0.05, 0.1) is 6.61 Å². The van der Waals surface area contributed by atoms with Crippen molar-refractivity contribution in [3.05, 3.63) is 109 Å². The van der Waals surface area contributed by atoms with Gasteiger partial charge in [-0.1, -0.05) is 226 Å². The second kappa shape index (κ2) is 57.8. The Bertz CT molecular complexity index is 1860. The van der Waals surface area contributed by atoms with Crippen LogP contribution in [0, 0.1) is 0 Å². The molecule has 0 saturated carbocycles. The molecule has 0 aromatic carbocycles. The molecule has 0 bridgehead atoms. The van der Waals surface area contributed by atoms with Crippen LogP contribution in [0.1, 0.15) is 265 Å². The summed E-state index contributed by atoms with van der Waals surface area (Å²) in [5.41, 5.74) is 0. The van der Waals surface area contributed by atoms with E-state index in [1.165, 1.54) is 38.5 Å². The minimum atomic E-state index is -1.92. The number of hydrogen-bond donors (Lipinski definition) is 3. The zero-order chi connectivity index (χ0) is 60.3. The van der Waals surface area contributed by atoms with Crippen LogP contribution in [0.2, 0.25) is 0 Å². The van der Waals surface area contributed by atoms with Gasteiger partial charge in [0.25, 0.3) is 0 Å². The molecule has 0 spiro atoms. The standard InChI is InChI=1S/C71H116O12/c1-4-7-10-13-16-19-22-25-28-31-32-35-38-41-44-47-50-53-56-59-65(74)82-69-67(76)66(75)68(70(77)78)83-71(69)80-61-62(81-64(73)58-55-52-49-46-43-40-37-34-30-27-24-21-18-15-12-9-6-3)60-79-63(72)57-54-51-48-45-42-39-36-33-29-26-23-20-17-14-11-8-5-2/h8,11,16-21,25-30,32,35-36,39,62,66-69,71,75-76H,4-7,9-10,12-15,22-24,31,33-34,37-38,40-61H2,1-3H3,(H,77,78)/b11-8-,19-16-,20-17-,21-18-,28-25-,29-26-,30-27-,35-32-,39-36-. The van der Waals surface area contributed by atoms with Crippen molar-refractivity contribution in [2.75, 3.05) is 13.2 Å². The molecule has 1 fully saturated rings. The number of esters is 3. The molecule has 1 aliphatic rings. The lowest BCUT2D eigenvalue weighted by Gasteiger charge is -2.40. The van der Waals surface area contributed by atoms with Gasteiger partial charge < -0.3 is 39.0 Å². The van der Waals surface area contributed by atoms with E-state index in [9.17, 15) is 34.5 Å². The largest absolute Gasteiger partial charge is 0.479 e. The zero-order valence-corrected chi connectivity index (χ0v) is 52.2. The number of carboxylic acid groups (broad SMARTS) is 1.